The lowest BCUT2D eigenvalue weighted by Gasteiger charge is -2.12. The first kappa shape index (κ1) is 11.0. The van der Waals surface area contributed by atoms with Crippen molar-refractivity contribution in [3.05, 3.63) is 16.1 Å². The van der Waals surface area contributed by atoms with Gasteiger partial charge in [-0.05, 0) is 25.7 Å². The van der Waals surface area contributed by atoms with Crippen LogP contribution in [0.15, 0.2) is 5.38 Å². The van der Waals surface area contributed by atoms with E-state index in [9.17, 15) is 0 Å². The zero-order valence-electron chi connectivity index (χ0n) is 9.23. The van der Waals surface area contributed by atoms with Crippen LogP contribution in [-0.4, -0.2) is 18.7 Å². The second-order valence-electron chi connectivity index (χ2n) is 3.82. The molecule has 1 aromatic heterocycles. The Labute approximate surface area is 94.4 Å². The van der Waals surface area contributed by atoms with Gasteiger partial charge in [-0.1, -0.05) is 0 Å². The lowest BCUT2D eigenvalue weighted by atomic mass is 10.2. The molecule has 15 heavy (non-hydrogen) atoms. The Morgan fingerprint density at radius 3 is 3.00 bits per heavy atom. The van der Waals surface area contributed by atoms with Crippen LogP contribution in [0.2, 0.25) is 0 Å². The van der Waals surface area contributed by atoms with E-state index in [0.717, 1.165) is 17.3 Å². The van der Waals surface area contributed by atoms with Crippen LogP contribution in [0.5, 0.6) is 0 Å². The Balaban J connectivity index is 2.04. The average molecular weight is 227 g/mol. The van der Waals surface area contributed by atoms with Crippen molar-refractivity contribution in [1.82, 2.24) is 4.98 Å². The summed E-state index contributed by atoms with van der Waals surface area (Å²) in [6.45, 7) is 3.40. The molecule has 1 saturated carbocycles. The number of rotatable bonds is 6. The highest BCUT2D eigenvalue weighted by Gasteiger charge is 2.34. The standard InChI is InChI=1S/C11H17NO2S/c1-3-14-10(8-4-5-8)11-12-9(6-13-2)7-15-11/h7-8,10H,3-6H2,1-2H3. The molecule has 1 aromatic rings. The molecule has 1 aliphatic rings. The summed E-state index contributed by atoms with van der Waals surface area (Å²) in [5, 5.41) is 3.18. The molecule has 1 fully saturated rings. The first-order valence-electron chi connectivity index (χ1n) is 5.40. The maximum absolute atomic E-state index is 5.75. The van der Waals surface area contributed by atoms with Crippen molar-refractivity contribution in [2.75, 3.05) is 13.7 Å². The average Bonchev–Trinajstić information content (AvgIpc) is 2.96. The van der Waals surface area contributed by atoms with Crippen molar-refractivity contribution in [3.8, 4) is 0 Å². The zero-order chi connectivity index (χ0) is 10.7. The second kappa shape index (κ2) is 5.05. The molecule has 3 nitrogen and oxygen atoms in total. The number of ether oxygens (including phenoxy) is 2. The Bertz CT molecular complexity index is 309. The van der Waals surface area contributed by atoms with E-state index in [1.165, 1.54) is 12.8 Å². The van der Waals surface area contributed by atoms with Crippen molar-refractivity contribution >= 4 is 11.3 Å². The van der Waals surface area contributed by atoms with Crippen molar-refractivity contribution < 1.29 is 9.47 Å². The Morgan fingerprint density at radius 2 is 2.40 bits per heavy atom. The van der Waals surface area contributed by atoms with Gasteiger partial charge >= 0.3 is 0 Å². The fraction of sp³-hybridized carbons (Fsp3) is 0.727. The predicted octanol–water partition coefficient (Wildman–Crippen LogP) is 2.78. The third-order valence-corrected chi connectivity index (χ3v) is 3.46. The molecule has 1 unspecified atom stereocenters. The summed E-state index contributed by atoms with van der Waals surface area (Å²) in [6.07, 6.45) is 2.79. The first-order chi connectivity index (χ1) is 7.35. The maximum atomic E-state index is 5.75. The summed E-state index contributed by atoms with van der Waals surface area (Å²) >= 11 is 1.69. The van der Waals surface area contributed by atoms with Crippen LogP contribution in [0, 0.1) is 5.92 Å². The number of hydrogen-bond acceptors (Lipinski definition) is 4. The number of hydrogen-bond donors (Lipinski definition) is 0. The highest BCUT2D eigenvalue weighted by Crippen LogP contribution is 2.44. The molecule has 84 valence electrons. The summed E-state index contributed by atoms with van der Waals surface area (Å²) in [5.74, 6) is 0.700. The molecule has 0 aromatic carbocycles. The lowest BCUT2D eigenvalue weighted by Crippen LogP contribution is -2.06. The van der Waals surface area contributed by atoms with Gasteiger partial charge in [0.05, 0.1) is 12.3 Å². The molecule has 4 heteroatoms. The van der Waals surface area contributed by atoms with E-state index in [4.69, 9.17) is 9.47 Å². The van der Waals surface area contributed by atoms with E-state index in [0.29, 0.717) is 12.5 Å². The van der Waals surface area contributed by atoms with Crippen molar-refractivity contribution in [2.24, 2.45) is 5.92 Å². The van der Waals surface area contributed by atoms with Crippen LogP contribution in [0.1, 0.15) is 36.6 Å². The maximum Gasteiger partial charge on any atom is 0.122 e. The second-order valence-corrected chi connectivity index (χ2v) is 4.71. The topological polar surface area (TPSA) is 31.4 Å². The van der Waals surface area contributed by atoms with Crippen molar-refractivity contribution in [3.63, 3.8) is 0 Å². The minimum atomic E-state index is 0.227. The normalized spacial score (nSPS) is 18.0. The largest absolute Gasteiger partial charge is 0.378 e. The molecule has 0 aliphatic heterocycles. The molecule has 0 N–H and O–H groups in total. The Kier molecular flexibility index (Phi) is 3.72. The van der Waals surface area contributed by atoms with Gasteiger partial charge in [0.25, 0.3) is 0 Å². The van der Waals surface area contributed by atoms with Gasteiger partial charge in [0, 0.05) is 19.1 Å². The first-order valence-corrected chi connectivity index (χ1v) is 6.28. The van der Waals surface area contributed by atoms with Gasteiger partial charge < -0.3 is 9.47 Å². The molecular formula is C11H17NO2S. The minimum Gasteiger partial charge on any atom is -0.378 e. The molecule has 0 bridgehead atoms. The Hall–Kier alpha value is -0.450. The molecule has 0 amide bonds. The van der Waals surface area contributed by atoms with Crippen LogP contribution >= 0.6 is 11.3 Å². The zero-order valence-corrected chi connectivity index (χ0v) is 10.0. The predicted molar refractivity (Wildman–Crippen MR) is 59.9 cm³/mol. The fourth-order valence-electron chi connectivity index (χ4n) is 1.66. The molecular weight excluding hydrogens is 210 g/mol. The SMILES string of the molecule is CCOC(c1nc(COC)cs1)C1CC1. The third kappa shape index (κ3) is 2.77. The third-order valence-electron chi connectivity index (χ3n) is 2.50. The van der Waals surface area contributed by atoms with Crippen LogP contribution in [0.4, 0.5) is 0 Å². The summed E-state index contributed by atoms with van der Waals surface area (Å²) in [6, 6.07) is 0. The highest BCUT2D eigenvalue weighted by molar-refractivity contribution is 7.09. The summed E-state index contributed by atoms with van der Waals surface area (Å²) in [5.41, 5.74) is 1.02. The van der Waals surface area contributed by atoms with Crippen molar-refractivity contribution in [2.45, 2.75) is 32.5 Å². The van der Waals surface area contributed by atoms with Gasteiger partial charge in [-0.15, -0.1) is 11.3 Å². The van der Waals surface area contributed by atoms with Crippen LogP contribution in [0.3, 0.4) is 0 Å². The van der Waals surface area contributed by atoms with Gasteiger partial charge in [0.15, 0.2) is 0 Å². The molecule has 0 radical (unpaired) electrons. The molecule has 2 rings (SSSR count). The summed E-state index contributed by atoms with van der Waals surface area (Å²) in [7, 11) is 1.69. The van der Waals surface area contributed by atoms with Crippen LogP contribution in [0.25, 0.3) is 0 Å². The lowest BCUT2D eigenvalue weighted by molar-refractivity contribution is 0.0459. The van der Waals surface area contributed by atoms with E-state index in [1.54, 1.807) is 18.4 Å². The number of nitrogens with zero attached hydrogens (tertiary/aromatic N) is 1. The van der Waals surface area contributed by atoms with Gasteiger partial charge in [-0.3, -0.25) is 0 Å². The van der Waals surface area contributed by atoms with Crippen LogP contribution < -0.4 is 0 Å². The molecule has 0 spiro atoms. The fourth-order valence-corrected chi connectivity index (χ4v) is 2.60. The number of methoxy groups -OCH3 is 1. The van der Waals surface area contributed by atoms with Gasteiger partial charge in [0.2, 0.25) is 0 Å². The molecule has 1 heterocycles. The van der Waals surface area contributed by atoms with Crippen LogP contribution in [-0.2, 0) is 16.1 Å². The van der Waals surface area contributed by atoms with E-state index in [-0.39, 0.29) is 6.10 Å². The van der Waals surface area contributed by atoms with E-state index >= 15 is 0 Å². The molecule has 1 aliphatic carbocycles. The molecule has 0 saturated heterocycles. The van der Waals surface area contributed by atoms with E-state index in [1.807, 2.05) is 6.92 Å². The summed E-state index contributed by atoms with van der Waals surface area (Å²) in [4.78, 5) is 4.55. The minimum absolute atomic E-state index is 0.227. The van der Waals surface area contributed by atoms with E-state index in [2.05, 4.69) is 10.4 Å². The quantitative estimate of drug-likeness (QED) is 0.749. The number of thiazole rings is 1. The monoisotopic (exact) mass is 227 g/mol. The van der Waals surface area contributed by atoms with Crippen molar-refractivity contribution in [1.29, 1.82) is 0 Å². The molecule has 1 atom stereocenters. The van der Waals surface area contributed by atoms with Gasteiger partial charge in [-0.25, -0.2) is 4.98 Å². The number of aromatic nitrogens is 1. The van der Waals surface area contributed by atoms with Gasteiger partial charge in [-0.2, -0.15) is 0 Å². The smallest absolute Gasteiger partial charge is 0.122 e. The van der Waals surface area contributed by atoms with E-state index < -0.39 is 0 Å². The summed E-state index contributed by atoms with van der Waals surface area (Å²) < 4.78 is 10.8. The van der Waals surface area contributed by atoms with Gasteiger partial charge in [0.1, 0.15) is 11.1 Å². The highest BCUT2D eigenvalue weighted by atomic mass is 32.1. The Morgan fingerprint density at radius 1 is 1.60 bits per heavy atom.